The molecule has 0 N–H and O–H groups in total. The molecule has 0 unspecified atom stereocenters. The van der Waals surface area contributed by atoms with Gasteiger partial charge in [0.1, 0.15) is 17.1 Å². The lowest BCUT2D eigenvalue weighted by atomic mass is 10.1. The summed E-state index contributed by atoms with van der Waals surface area (Å²) in [6, 6.07) is 5.78. The van der Waals surface area contributed by atoms with Crippen LogP contribution in [0.3, 0.4) is 0 Å². The van der Waals surface area contributed by atoms with E-state index in [2.05, 4.69) is 15.0 Å². The molecule has 0 bridgehead atoms. The van der Waals surface area contributed by atoms with Crippen LogP contribution in [-0.2, 0) is 6.54 Å². The predicted molar refractivity (Wildman–Crippen MR) is 97.1 cm³/mol. The van der Waals surface area contributed by atoms with Gasteiger partial charge in [-0.15, -0.1) is 0 Å². The van der Waals surface area contributed by atoms with Gasteiger partial charge in [0.05, 0.1) is 11.4 Å². The van der Waals surface area contributed by atoms with Crippen LogP contribution < -0.4 is 0 Å². The van der Waals surface area contributed by atoms with Crippen LogP contribution in [0.25, 0.3) is 5.65 Å². The number of hydrogen-bond donors (Lipinski definition) is 0. The third kappa shape index (κ3) is 2.88. The maximum atomic E-state index is 13.0. The number of fused-ring (bicyclic) bond motifs is 1. The fraction of sp³-hybridized carbons (Fsp3) is 0.421. The number of piperazine rings is 1. The quantitative estimate of drug-likeness (QED) is 0.722. The van der Waals surface area contributed by atoms with Gasteiger partial charge in [-0.05, 0) is 32.9 Å². The van der Waals surface area contributed by atoms with E-state index < -0.39 is 0 Å². The van der Waals surface area contributed by atoms with Crippen LogP contribution in [0.4, 0.5) is 0 Å². The maximum absolute atomic E-state index is 13.0. The maximum Gasteiger partial charge on any atom is 0.272 e. The number of pyridine rings is 1. The Kier molecular flexibility index (Phi) is 4.24. The minimum absolute atomic E-state index is 0.0539. The van der Waals surface area contributed by atoms with Crippen molar-refractivity contribution in [3.05, 3.63) is 52.8 Å². The van der Waals surface area contributed by atoms with Crippen molar-refractivity contribution in [1.82, 2.24) is 24.3 Å². The van der Waals surface area contributed by atoms with E-state index in [1.807, 2.05) is 54.5 Å². The normalized spacial score (nSPS) is 15.7. The van der Waals surface area contributed by atoms with E-state index in [-0.39, 0.29) is 5.91 Å². The average Bonchev–Trinajstić information content (AvgIpc) is 3.14. The van der Waals surface area contributed by atoms with Gasteiger partial charge in [-0.2, -0.15) is 0 Å². The number of amides is 1. The Labute approximate surface area is 152 Å². The summed E-state index contributed by atoms with van der Waals surface area (Å²) in [4.78, 5) is 21.8. The summed E-state index contributed by atoms with van der Waals surface area (Å²) >= 11 is 0. The molecule has 7 heteroatoms. The molecule has 0 aromatic carbocycles. The van der Waals surface area contributed by atoms with Crippen molar-refractivity contribution in [2.75, 3.05) is 26.2 Å². The van der Waals surface area contributed by atoms with E-state index in [1.54, 1.807) is 0 Å². The van der Waals surface area contributed by atoms with Crippen LogP contribution in [0, 0.1) is 20.8 Å². The molecule has 0 saturated carbocycles. The lowest BCUT2D eigenvalue weighted by Gasteiger charge is -2.34. The second kappa shape index (κ2) is 6.57. The molecule has 0 radical (unpaired) electrons. The molecule has 1 aliphatic heterocycles. The summed E-state index contributed by atoms with van der Waals surface area (Å²) in [5.41, 5.74) is 4.36. The summed E-state index contributed by atoms with van der Waals surface area (Å²) in [5, 5.41) is 4.02. The van der Waals surface area contributed by atoms with Gasteiger partial charge in [-0.25, -0.2) is 4.98 Å². The van der Waals surface area contributed by atoms with Crippen LogP contribution in [0.5, 0.6) is 0 Å². The summed E-state index contributed by atoms with van der Waals surface area (Å²) in [7, 11) is 0. The van der Waals surface area contributed by atoms with Crippen molar-refractivity contribution in [2.45, 2.75) is 27.3 Å². The molecule has 7 nitrogen and oxygen atoms in total. The number of nitrogens with zero attached hydrogens (tertiary/aromatic N) is 5. The minimum Gasteiger partial charge on any atom is -0.361 e. The summed E-state index contributed by atoms with van der Waals surface area (Å²) < 4.78 is 7.13. The number of imidazole rings is 1. The zero-order chi connectivity index (χ0) is 18.3. The Morgan fingerprint density at radius 2 is 1.88 bits per heavy atom. The van der Waals surface area contributed by atoms with Crippen molar-refractivity contribution in [3.8, 4) is 0 Å². The molecule has 26 heavy (non-hydrogen) atoms. The van der Waals surface area contributed by atoms with Crippen molar-refractivity contribution in [3.63, 3.8) is 0 Å². The second-order valence-electron chi connectivity index (χ2n) is 6.85. The van der Waals surface area contributed by atoms with Crippen LogP contribution >= 0.6 is 0 Å². The highest BCUT2D eigenvalue weighted by Crippen LogP contribution is 2.18. The number of hydrogen-bond acceptors (Lipinski definition) is 5. The first kappa shape index (κ1) is 16.8. The lowest BCUT2D eigenvalue weighted by Crippen LogP contribution is -2.48. The second-order valence-corrected chi connectivity index (χ2v) is 6.85. The minimum atomic E-state index is 0.0539. The van der Waals surface area contributed by atoms with Crippen molar-refractivity contribution in [2.24, 2.45) is 0 Å². The largest absolute Gasteiger partial charge is 0.361 e. The van der Waals surface area contributed by atoms with Gasteiger partial charge in [0.2, 0.25) is 0 Å². The highest BCUT2D eigenvalue weighted by atomic mass is 16.5. The van der Waals surface area contributed by atoms with Gasteiger partial charge < -0.3 is 9.42 Å². The van der Waals surface area contributed by atoms with Gasteiger partial charge in [0, 0.05) is 44.5 Å². The first-order valence-corrected chi connectivity index (χ1v) is 8.91. The molecule has 1 fully saturated rings. The van der Waals surface area contributed by atoms with Gasteiger partial charge >= 0.3 is 0 Å². The Morgan fingerprint density at radius 3 is 2.58 bits per heavy atom. The standard InChI is InChI=1S/C19H23N5O2/c1-13-16(15(3)26-21-13)12-22-8-10-23(11-9-22)19(25)18-14(2)20-17-6-4-5-7-24(17)18/h4-7H,8-12H2,1-3H3. The Hall–Kier alpha value is -2.67. The molecular weight excluding hydrogens is 330 g/mol. The number of rotatable bonds is 3. The molecule has 1 aliphatic rings. The highest BCUT2D eigenvalue weighted by molar-refractivity contribution is 5.94. The number of aromatic nitrogens is 3. The highest BCUT2D eigenvalue weighted by Gasteiger charge is 2.26. The zero-order valence-electron chi connectivity index (χ0n) is 15.4. The van der Waals surface area contributed by atoms with Gasteiger partial charge in [-0.1, -0.05) is 11.2 Å². The lowest BCUT2D eigenvalue weighted by molar-refractivity contribution is 0.0620. The van der Waals surface area contributed by atoms with Crippen LogP contribution in [-0.4, -0.2) is 56.4 Å². The van der Waals surface area contributed by atoms with E-state index >= 15 is 0 Å². The van der Waals surface area contributed by atoms with E-state index in [1.165, 1.54) is 0 Å². The van der Waals surface area contributed by atoms with E-state index in [0.717, 1.165) is 48.0 Å². The predicted octanol–water partition coefficient (Wildman–Crippen LogP) is 2.21. The van der Waals surface area contributed by atoms with Crippen LogP contribution in [0.1, 0.15) is 33.2 Å². The van der Waals surface area contributed by atoms with E-state index in [4.69, 9.17) is 4.52 Å². The molecule has 0 aliphatic carbocycles. The molecule has 1 saturated heterocycles. The third-order valence-electron chi connectivity index (χ3n) is 5.13. The molecule has 0 spiro atoms. The fourth-order valence-electron chi connectivity index (χ4n) is 3.58. The summed E-state index contributed by atoms with van der Waals surface area (Å²) in [5.74, 6) is 0.931. The first-order valence-electron chi connectivity index (χ1n) is 8.91. The summed E-state index contributed by atoms with van der Waals surface area (Å²) in [6.45, 7) is 9.73. The van der Waals surface area contributed by atoms with Crippen LogP contribution in [0.2, 0.25) is 0 Å². The Bertz CT molecular complexity index is 931. The fourth-order valence-corrected chi connectivity index (χ4v) is 3.58. The molecule has 1 amide bonds. The Balaban J connectivity index is 1.46. The molecule has 136 valence electrons. The molecule has 4 rings (SSSR count). The molecule has 4 heterocycles. The summed E-state index contributed by atoms with van der Waals surface area (Å²) in [6.07, 6.45) is 1.90. The zero-order valence-corrected chi connectivity index (χ0v) is 15.4. The molecule has 3 aromatic rings. The van der Waals surface area contributed by atoms with Gasteiger partial charge in [-0.3, -0.25) is 14.1 Å². The SMILES string of the molecule is Cc1noc(C)c1CN1CCN(C(=O)c2c(C)nc3ccccn23)CC1. The topological polar surface area (TPSA) is 66.9 Å². The Morgan fingerprint density at radius 1 is 1.12 bits per heavy atom. The first-order chi connectivity index (χ1) is 12.5. The van der Waals surface area contributed by atoms with Crippen molar-refractivity contribution >= 4 is 11.6 Å². The number of carbonyl (C=O) groups is 1. The average molecular weight is 353 g/mol. The molecule has 3 aromatic heterocycles. The number of carbonyl (C=O) groups excluding carboxylic acids is 1. The monoisotopic (exact) mass is 353 g/mol. The third-order valence-corrected chi connectivity index (χ3v) is 5.13. The van der Waals surface area contributed by atoms with Gasteiger partial charge in [0.15, 0.2) is 0 Å². The smallest absolute Gasteiger partial charge is 0.272 e. The van der Waals surface area contributed by atoms with Crippen LogP contribution in [0.15, 0.2) is 28.9 Å². The van der Waals surface area contributed by atoms with Gasteiger partial charge in [0.25, 0.3) is 5.91 Å². The number of aryl methyl sites for hydroxylation is 3. The van der Waals surface area contributed by atoms with E-state index in [0.29, 0.717) is 18.8 Å². The molecular formula is C19H23N5O2. The van der Waals surface area contributed by atoms with Crippen molar-refractivity contribution < 1.29 is 9.32 Å². The van der Waals surface area contributed by atoms with E-state index in [9.17, 15) is 4.79 Å². The van der Waals surface area contributed by atoms with Crippen molar-refractivity contribution in [1.29, 1.82) is 0 Å². The molecule has 0 atom stereocenters.